The van der Waals surface area contributed by atoms with Crippen molar-refractivity contribution in [2.45, 2.75) is 25.8 Å². The van der Waals surface area contributed by atoms with E-state index in [0.717, 1.165) is 0 Å². The molecule has 6 nitrogen and oxygen atoms in total. The molecule has 7 heteroatoms. The molecule has 1 aromatic rings. The number of rotatable bonds is 6. The first kappa shape index (κ1) is 13.3. The molecule has 1 fully saturated rings. The number of hydrogen-bond donors (Lipinski definition) is 1. The molecule has 0 bridgehead atoms. The highest BCUT2D eigenvalue weighted by molar-refractivity contribution is 6.28. The third kappa shape index (κ3) is 3.20. The lowest BCUT2D eigenvalue weighted by molar-refractivity contribution is 0.202. The van der Waals surface area contributed by atoms with Crippen LogP contribution in [0.5, 0.6) is 0 Å². The molecular formula is C11H18ClN5O. The van der Waals surface area contributed by atoms with Gasteiger partial charge in [-0.25, -0.2) is 0 Å². The fourth-order valence-electron chi connectivity index (χ4n) is 1.99. The van der Waals surface area contributed by atoms with Crippen LogP contribution in [0.4, 0.5) is 11.9 Å². The quantitative estimate of drug-likeness (QED) is 0.842. The van der Waals surface area contributed by atoms with Crippen LogP contribution in [0, 0.1) is 5.92 Å². The van der Waals surface area contributed by atoms with E-state index in [0.29, 0.717) is 31.1 Å². The first-order valence-corrected chi connectivity index (χ1v) is 6.42. The smallest absolute Gasteiger partial charge is 0.231 e. The van der Waals surface area contributed by atoms with E-state index in [2.05, 4.69) is 26.8 Å². The summed E-state index contributed by atoms with van der Waals surface area (Å²) in [6, 6.07) is 0.359. The molecule has 1 atom stereocenters. The number of nitrogens with zero attached hydrogens (tertiary/aromatic N) is 4. The third-order valence-electron chi connectivity index (χ3n) is 3.20. The monoisotopic (exact) mass is 271 g/mol. The van der Waals surface area contributed by atoms with Crippen molar-refractivity contribution in [3.63, 3.8) is 0 Å². The third-order valence-corrected chi connectivity index (χ3v) is 3.37. The van der Waals surface area contributed by atoms with Gasteiger partial charge in [0, 0.05) is 19.7 Å². The first-order valence-electron chi connectivity index (χ1n) is 6.04. The van der Waals surface area contributed by atoms with Crippen molar-refractivity contribution in [1.29, 1.82) is 0 Å². The maximum atomic E-state index is 5.83. The Kier molecular flexibility index (Phi) is 4.19. The average Bonchev–Trinajstić information content (AvgIpc) is 3.11. The molecule has 0 saturated heterocycles. The highest BCUT2D eigenvalue weighted by atomic mass is 35.5. The Morgan fingerprint density at radius 1 is 1.44 bits per heavy atom. The van der Waals surface area contributed by atoms with Gasteiger partial charge in [0.15, 0.2) is 0 Å². The van der Waals surface area contributed by atoms with Crippen LogP contribution in [0.1, 0.15) is 19.8 Å². The standard InChI is InChI=1S/C11H18ClN5O/c1-7(8-3-4-8)17(5-6-18-2)11-15-9(12)14-10(13)16-11/h7-8H,3-6H2,1-2H3,(H2,13,14,15,16). The van der Waals surface area contributed by atoms with Gasteiger partial charge < -0.3 is 15.4 Å². The van der Waals surface area contributed by atoms with E-state index in [1.54, 1.807) is 7.11 Å². The van der Waals surface area contributed by atoms with Gasteiger partial charge in [-0.15, -0.1) is 0 Å². The van der Waals surface area contributed by atoms with Crippen LogP contribution >= 0.6 is 11.6 Å². The SMILES string of the molecule is COCCN(c1nc(N)nc(Cl)n1)C(C)C1CC1. The van der Waals surface area contributed by atoms with Crippen molar-refractivity contribution in [3.8, 4) is 0 Å². The van der Waals surface area contributed by atoms with Gasteiger partial charge in [0.2, 0.25) is 17.2 Å². The molecule has 2 rings (SSSR count). The first-order chi connectivity index (χ1) is 8.61. The molecule has 18 heavy (non-hydrogen) atoms. The van der Waals surface area contributed by atoms with Crippen molar-refractivity contribution in [1.82, 2.24) is 15.0 Å². The lowest BCUT2D eigenvalue weighted by Gasteiger charge is -2.29. The van der Waals surface area contributed by atoms with Crippen LogP contribution in [0.3, 0.4) is 0 Å². The van der Waals surface area contributed by atoms with Gasteiger partial charge in [-0.3, -0.25) is 0 Å². The molecule has 2 N–H and O–H groups in total. The number of ether oxygens (including phenoxy) is 1. The normalized spacial score (nSPS) is 16.6. The Labute approximate surface area is 112 Å². The molecule has 0 spiro atoms. The molecule has 1 aromatic heterocycles. The van der Waals surface area contributed by atoms with Gasteiger partial charge in [0.25, 0.3) is 0 Å². The van der Waals surface area contributed by atoms with Crippen LogP contribution in [0.2, 0.25) is 5.28 Å². The molecule has 0 aliphatic heterocycles. The minimum Gasteiger partial charge on any atom is -0.383 e. The van der Waals surface area contributed by atoms with Gasteiger partial charge in [0.1, 0.15) is 0 Å². The zero-order valence-electron chi connectivity index (χ0n) is 10.6. The number of anilines is 2. The lowest BCUT2D eigenvalue weighted by atomic mass is 10.2. The number of nitrogens with two attached hydrogens (primary N) is 1. The zero-order valence-corrected chi connectivity index (χ0v) is 11.4. The van der Waals surface area contributed by atoms with E-state index in [-0.39, 0.29) is 11.2 Å². The van der Waals surface area contributed by atoms with Crippen molar-refractivity contribution in [2.75, 3.05) is 30.9 Å². The largest absolute Gasteiger partial charge is 0.383 e. The van der Waals surface area contributed by atoms with Crippen LogP contribution < -0.4 is 10.6 Å². The van der Waals surface area contributed by atoms with E-state index in [9.17, 15) is 0 Å². The van der Waals surface area contributed by atoms with Crippen LogP contribution in [-0.4, -0.2) is 41.3 Å². The topological polar surface area (TPSA) is 77.2 Å². The summed E-state index contributed by atoms with van der Waals surface area (Å²) in [5.41, 5.74) is 5.61. The maximum absolute atomic E-state index is 5.83. The minimum atomic E-state index is 0.128. The molecule has 1 heterocycles. The van der Waals surface area contributed by atoms with Gasteiger partial charge in [-0.1, -0.05) is 0 Å². The summed E-state index contributed by atoms with van der Waals surface area (Å²) >= 11 is 5.83. The van der Waals surface area contributed by atoms with Crippen molar-refractivity contribution in [3.05, 3.63) is 5.28 Å². The van der Waals surface area contributed by atoms with Crippen LogP contribution in [-0.2, 0) is 4.74 Å². The highest BCUT2D eigenvalue weighted by Crippen LogP contribution is 2.36. The number of aromatic nitrogens is 3. The Bertz CT molecular complexity index is 392. The molecule has 0 amide bonds. The van der Waals surface area contributed by atoms with Crippen LogP contribution in [0.15, 0.2) is 0 Å². The summed E-state index contributed by atoms with van der Waals surface area (Å²) in [4.78, 5) is 14.2. The summed E-state index contributed by atoms with van der Waals surface area (Å²) in [6.45, 7) is 3.50. The van der Waals surface area contributed by atoms with Gasteiger partial charge >= 0.3 is 0 Å². The number of halogens is 1. The van der Waals surface area contributed by atoms with Crippen molar-refractivity contribution >= 4 is 23.5 Å². The molecule has 0 radical (unpaired) electrons. The number of hydrogen-bond acceptors (Lipinski definition) is 6. The summed E-state index contributed by atoms with van der Waals surface area (Å²) in [5.74, 6) is 1.37. The van der Waals surface area contributed by atoms with Gasteiger partial charge in [-0.05, 0) is 37.3 Å². The second-order valence-electron chi connectivity index (χ2n) is 4.53. The fourth-order valence-corrected chi connectivity index (χ4v) is 2.15. The van der Waals surface area contributed by atoms with Gasteiger partial charge in [-0.2, -0.15) is 15.0 Å². The van der Waals surface area contributed by atoms with Gasteiger partial charge in [0.05, 0.1) is 6.61 Å². The summed E-state index contributed by atoms with van der Waals surface area (Å²) in [5, 5.41) is 0.128. The van der Waals surface area contributed by atoms with E-state index >= 15 is 0 Å². The Morgan fingerprint density at radius 2 is 2.17 bits per heavy atom. The molecule has 100 valence electrons. The summed E-state index contributed by atoms with van der Waals surface area (Å²) < 4.78 is 5.13. The van der Waals surface area contributed by atoms with E-state index in [4.69, 9.17) is 22.1 Å². The Morgan fingerprint density at radius 3 is 2.72 bits per heavy atom. The lowest BCUT2D eigenvalue weighted by Crippen LogP contribution is -2.38. The summed E-state index contributed by atoms with van der Waals surface area (Å²) in [6.07, 6.45) is 2.50. The maximum Gasteiger partial charge on any atom is 0.231 e. The van der Waals surface area contributed by atoms with Crippen LogP contribution in [0.25, 0.3) is 0 Å². The zero-order chi connectivity index (χ0) is 13.1. The molecule has 1 saturated carbocycles. The predicted octanol–water partition coefficient (Wildman–Crippen LogP) is 1.36. The minimum absolute atomic E-state index is 0.128. The Balaban J connectivity index is 2.20. The molecule has 1 unspecified atom stereocenters. The van der Waals surface area contributed by atoms with Crippen molar-refractivity contribution < 1.29 is 4.74 Å². The average molecular weight is 272 g/mol. The number of methoxy groups -OCH3 is 1. The number of nitrogen functional groups attached to an aromatic ring is 1. The molecule has 1 aliphatic carbocycles. The highest BCUT2D eigenvalue weighted by Gasteiger charge is 2.33. The van der Waals surface area contributed by atoms with E-state index in [1.165, 1.54) is 12.8 Å². The van der Waals surface area contributed by atoms with Crippen molar-refractivity contribution in [2.24, 2.45) is 5.92 Å². The molecular weight excluding hydrogens is 254 g/mol. The predicted molar refractivity (Wildman–Crippen MR) is 70.7 cm³/mol. The fraction of sp³-hybridized carbons (Fsp3) is 0.727. The molecule has 0 aromatic carbocycles. The van der Waals surface area contributed by atoms with E-state index < -0.39 is 0 Å². The molecule has 1 aliphatic rings. The second-order valence-corrected chi connectivity index (χ2v) is 4.86. The summed E-state index contributed by atoms with van der Waals surface area (Å²) in [7, 11) is 1.68. The second kappa shape index (κ2) is 5.67. The Hall–Kier alpha value is -1.14. The van der Waals surface area contributed by atoms with E-state index in [1.807, 2.05) is 0 Å².